The number of hydrogen-bond donors (Lipinski definition) is 0. The number of benzene rings is 3. The van der Waals surface area contributed by atoms with Crippen LogP contribution >= 0.6 is 0 Å². The molecule has 96 valence electrons. The smallest absolute Gasteiger partial charge is 0.139 e. The lowest BCUT2D eigenvalue weighted by molar-refractivity contribution is 0.657. The highest BCUT2D eigenvalue weighted by molar-refractivity contribution is 6.39. The fraction of sp³-hybridized carbons (Fsp3) is 0. The number of fused-ring (bicyclic) bond motifs is 6. The lowest BCUT2D eigenvalue weighted by atomic mass is 9.94. The van der Waals surface area contributed by atoms with Crippen molar-refractivity contribution in [2.24, 2.45) is 0 Å². The Bertz CT molecular complexity index is 1150. The minimum absolute atomic E-state index is 0.658. The monoisotopic (exact) mass is 268 g/mol. The minimum atomic E-state index is 0.658. The van der Waals surface area contributed by atoms with Crippen molar-refractivity contribution in [1.82, 2.24) is 0 Å². The Morgan fingerprint density at radius 1 is 0.619 bits per heavy atom. The fourth-order valence-electron chi connectivity index (χ4n) is 3.04. The van der Waals surface area contributed by atoms with Crippen molar-refractivity contribution in [3.8, 4) is 0 Å². The van der Waals surface area contributed by atoms with Gasteiger partial charge in [-0.25, -0.2) is 0 Å². The molecule has 21 heavy (non-hydrogen) atoms. The highest BCUT2D eigenvalue weighted by Gasteiger charge is 2.13. The van der Waals surface area contributed by atoms with Crippen molar-refractivity contribution < 1.29 is 8.83 Å². The Kier molecular flexibility index (Phi) is 1.94. The quantitative estimate of drug-likeness (QED) is 0.392. The Balaban J connectivity index is 2.04. The molecule has 2 heterocycles. The van der Waals surface area contributed by atoms with Gasteiger partial charge in [-0.15, -0.1) is 0 Å². The van der Waals surface area contributed by atoms with Gasteiger partial charge in [0.1, 0.15) is 30.2 Å². The van der Waals surface area contributed by atoms with Crippen molar-refractivity contribution in [2.45, 2.75) is 0 Å². The fourth-order valence-corrected chi connectivity index (χ4v) is 3.04. The van der Waals surface area contributed by atoms with E-state index in [-0.39, 0.29) is 0 Å². The van der Waals surface area contributed by atoms with Crippen LogP contribution in [0.1, 0.15) is 0 Å². The molecular weight excluding hydrogens is 259 g/mol. The molecule has 0 amide bonds. The van der Waals surface area contributed by atoms with Gasteiger partial charge in [0.05, 0.1) is 0 Å². The molecule has 3 heteroatoms. The van der Waals surface area contributed by atoms with E-state index < -0.39 is 0 Å². The molecule has 2 aromatic heterocycles. The summed E-state index contributed by atoms with van der Waals surface area (Å²) < 4.78 is 11.8. The zero-order valence-electron chi connectivity index (χ0n) is 11.1. The highest BCUT2D eigenvalue weighted by atomic mass is 16.3. The van der Waals surface area contributed by atoms with E-state index >= 15 is 0 Å². The van der Waals surface area contributed by atoms with Crippen LogP contribution in [0.15, 0.2) is 63.4 Å². The van der Waals surface area contributed by atoms with Crippen molar-refractivity contribution in [3.05, 3.63) is 54.6 Å². The standard InChI is InChI=1S/C18H9BO2/c19-14-6-3-5-11-13-8-12-10-4-1-2-7-15(10)20-16(12)9-17(13)21-18(11)14/h1-9H. The van der Waals surface area contributed by atoms with Gasteiger partial charge in [-0.05, 0) is 12.1 Å². The van der Waals surface area contributed by atoms with E-state index in [4.69, 9.17) is 16.7 Å². The zero-order chi connectivity index (χ0) is 14.0. The molecule has 0 atom stereocenters. The van der Waals surface area contributed by atoms with Crippen LogP contribution < -0.4 is 5.46 Å². The Morgan fingerprint density at radius 2 is 1.38 bits per heavy atom. The van der Waals surface area contributed by atoms with Crippen molar-refractivity contribution in [3.63, 3.8) is 0 Å². The van der Waals surface area contributed by atoms with Crippen molar-refractivity contribution in [2.75, 3.05) is 0 Å². The van der Waals surface area contributed by atoms with E-state index in [0.29, 0.717) is 5.46 Å². The molecular formula is C18H9BO2. The molecule has 3 aromatic carbocycles. The number of para-hydroxylation sites is 2. The summed E-state index contributed by atoms with van der Waals surface area (Å²) in [5.74, 6) is 0. The van der Waals surface area contributed by atoms with E-state index in [0.717, 1.165) is 43.9 Å². The molecule has 0 saturated heterocycles. The first-order chi connectivity index (χ1) is 10.3. The predicted octanol–water partition coefficient (Wildman–Crippen LogP) is 4.28. The van der Waals surface area contributed by atoms with Gasteiger partial charge < -0.3 is 8.83 Å². The normalized spacial score (nSPS) is 12.0. The predicted molar refractivity (Wildman–Crippen MR) is 86.4 cm³/mol. The molecule has 5 rings (SSSR count). The lowest BCUT2D eigenvalue weighted by Gasteiger charge is -1.92. The molecule has 0 unspecified atom stereocenters. The van der Waals surface area contributed by atoms with E-state index in [2.05, 4.69) is 12.1 Å². The number of hydrogen-bond acceptors (Lipinski definition) is 2. The molecule has 5 aromatic rings. The first kappa shape index (κ1) is 11.0. The van der Waals surface area contributed by atoms with Crippen LogP contribution in [-0.4, -0.2) is 7.85 Å². The van der Waals surface area contributed by atoms with Crippen molar-refractivity contribution in [1.29, 1.82) is 0 Å². The molecule has 2 nitrogen and oxygen atoms in total. The topological polar surface area (TPSA) is 26.3 Å². The van der Waals surface area contributed by atoms with Gasteiger partial charge in [0.25, 0.3) is 0 Å². The van der Waals surface area contributed by atoms with Gasteiger partial charge in [-0.2, -0.15) is 0 Å². The summed E-state index contributed by atoms with van der Waals surface area (Å²) in [4.78, 5) is 0. The molecule has 0 fully saturated rings. The van der Waals surface area contributed by atoms with Crippen molar-refractivity contribution >= 4 is 57.2 Å². The summed E-state index contributed by atoms with van der Waals surface area (Å²) >= 11 is 0. The van der Waals surface area contributed by atoms with E-state index in [1.54, 1.807) is 0 Å². The summed E-state index contributed by atoms with van der Waals surface area (Å²) in [6, 6.07) is 18.0. The maximum absolute atomic E-state index is 5.99. The van der Waals surface area contributed by atoms with E-state index in [1.165, 1.54) is 0 Å². The third kappa shape index (κ3) is 1.38. The molecule has 0 saturated carbocycles. The SMILES string of the molecule is [B]c1cccc2c1oc1cc3oc4ccccc4c3cc12. The third-order valence-electron chi connectivity index (χ3n) is 4.03. The summed E-state index contributed by atoms with van der Waals surface area (Å²) in [5.41, 5.74) is 3.93. The summed E-state index contributed by atoms with van der Waals surface area (Å²) in [5, 5.41) is 4.32. The van der Waals surface area contributed by atoms with Gasteiger partial charge >= 0.3 is 0 Å². The van der Waals surface area contributed by atoms with Gasteiger partial charge in [0.2, 0.25) is 0 Å². The molecule has 0 N–H and O–H groups in total. The minimum Gasteiger partial charge on any atom is -0.457 e. The summed E-state index contributed by atoms with van der Waals surface area (Å²) in [6.45, 7) is 0. The Labute approximate surface area is 121 Å². The maximum Gasteiger partial charge on any atom is 0.139 e. The molecule has 0 aliphatic heterocycles. The summed E-state index contributed by atoms with van der Waals surface area (Å²) in [7, 11) is 5.99. The third-order valence-corrected chi connectivity index (χ3v) is 4.03. The van der Waals surface area contributed by atoms with Crippen LogP contribution in [0, 0.1) is 0 Å². The summed E-state index contributed by atoms with van der Waals surface area (Å²) in [6.07, 6.45) is 0. The van der Waals surface area contributed by atoms with Crippen LogP contribution in [0.25, 0.3) is 43.9 Å². The van der Waals surface area contributed by atoms with Crippen LogP contribution in [0.3, 0.4) is 0 Å². The highest BCUT2D eigenvalue weighted by Crippen LogP contribution is 2.35. The van der Waals surface area contributed by atoms with Gasteiger partial charge in [0, 0.05) is 27.6 Å². The molecule has 0 aliphatic rings. The van der Waals surface area contributed by atoms with Crippen LogP contribution in [0.2, 0.25) is 0 Å². The lowest BCUT2D eigenvalue weighted by Crippen LogP contribution is -2.00. The molecule has 0 bridgehead atoms. The second kappa shape index (κ2) is 3.70. The van der Waals surface area contributed by atoms with Gasteiger partial charge in [-0.3, -0.25) is 0 Å². The van der Waals surface area contributed by atoms with Crippen LogP contribution in [0.5, 0.6) is 0 Å². The van der Waals surface area contributed by atoms with Gasteiger partial charge in [-0.1, -0.05) is 41.9 Å². The Hall–Kier alpha value is -2.68. The second-order valence-corrected chi connectivity index (χ2v) is 5.27. The van der Waals surface area contributed by atoms with E-state index in [9.17, 15) is 0 Å². The van der Waals surface area contributed by atoms with Crippen LogP contribution in [-0.2, 0) is 0 Å². The molecule has 2 radical (unpaired) electrons. The first-order valence-corrected chi connectivity index (χ1v) is 6.83. The zero-order valence-corrected chi connectivity index (χ0v) is 11.1. The second-order valence-electron chi connectivity index (χ2n) is 5.27. The maximum atomic E-state index is 5.99. The van der Waals surface area contributed by atoms with Gasteiger partial charge in [0.15, 0.2) is 0 Å². The average molecular weight is 268 g/mol. The number of rotatable bonds is 0. The van der Waals surface area contributed by atoms with Crippen LogP contribution in [0.4, 0.5) is 0 Å². The Morgan fingerprint density at radius 3 is 2.33 bits per heavy atom. The largest absolute Gasteiger partial charge is 0.457 e. The molecule has 0 aliphatic carbocycles. The average Bonchev–Trinajstić information content (AvgIpc) is 3.04. The first-order valence-electron chi connectivity index (χ1n) is 6.83. The van der Waals surface area contributed by atoms with E-state index in [1.807, 2.05) is 42.5 Å². The number of furan rings is 2. The molecule has 0 spiro atoms.